The van der Waals surface area contributed by atoms with Gasteiger partial charge < -0.3 is 15.5 Å². The van der Waals surface area contributed by atoms with Crippen molar-refractivity contribution >= 4 is 22.9 Å². The van der Waals surface area contributed by atoms with E-state index >= 15 is 0 Å². The predicted octanol–water partition coefficient (Wildman–Crippen LogP) is 1.89. The van der Waals surface area contributed by atoms with Crippen LogP contribution < -0.4 is 10.6 Å². The molecule has 1 aromatic heterocycles. The fourth-order valence-electron chi connectivity index (χ4n) is 3.20. The van der Waals surface area contributed by atoms with Crippen molar-refractivity contribution in [3.8, 4) is 0 Å². The number of nitrogens with one attached hydrogen (secondary N) is 2. The quantitative estimate of drug-likeness (QED) is 0.884. The summed E-state index contributed by atoms with van der Waals surface area (Å²) in [5.74, 6) is 0.844. The maximum atomic E-state index is 11.1. The molecule has 4 nitrogen and oxygen atoms in total. The minimum absolute atomic E-state index is 0.00230. The SMILES string of the molecule is CC(=O)Nc1ccsc1CNC1CN2CCC1CC2. The molecule has 0 radical (unpaired) electrons. The van der Waals surface area contributed by atoms with Crippen LogP contribution in [-0.2, 0) is 11.3 Å². The zero-order valence-electron chi connectivity index (χ0n) is 11.3. The third kappa shape index (κ3) is 2.99. The average Bonchev–Trinajstić information content (AvgIpc) is 2.84. The van der Waals surface area contributed by atoms with E-state index in [1.54, 1.807) is 18.3 Å². The lowest BCUT2D eigenvalue weighted by atomic mass is 9.84. The molecule has 0 saturated carbocycles. The Morgan fingerprint density at radius 3 is 2.89 bits per heavy atom. The Morgan fingerprint density at radius 1 is 1.47 bits per heavy atom. The molecular weight excluding hydrogens is 258 g/mol. The van der Waals surface area contributed by atoms with Gasteiger partial charge in [0.1, 0.15) is 0 Å². The van der Waals surface area contributed by atoms with Gasteiger partial charge in [-0.15, -0.1) is 11.3 Å². The standard InChI is InChI=1S/C14H21N3OS/c1-10(18)16-12-4-7-19-14(12)8-15-13-9-17-5-2-11(13)3-6-17/h4,7,11,13,15H,2-3,5-6,8-9H2,1H3,(H,16,18). The van der Waals surface area contributed by atoms with Crippen LogP contribution in [0.4, 0.5) is 5.69 Å². The van der Waals surface area contributed by atoms with Crippen LogP contribution in [0.15, 0.2) is 11.4 Å². The van der Waals surface area contributed by atoms with Crippen LogP contribution in [0.25, 0.3) is 0 Å². The molecule has 1 unspecified atom stereocenters. The van der Waals surface area contributed by atoms with Crippen molar-refractivity contribution in [2.45, 2.75) is 32.4 Å². The third-order valence-corrected chi connectivity index (χ3v) is 5.16. The maximum Gasteiger partial charge on any atom is 0.221 e. The molecule has 0 spiro atoms. The highest BCUT2D eigenvalue weighted by molar-refractivity contribution is 7.10. The van der Waals surface area contributed by atoms with E-state index in [1.807, 2.05) is 11.4 Å². The largest absolute Gasteiger partial charge is 0.325 e. The van der Waals surface area contributed by atoms with Crippen molar-refractivity contribution in [3.63, 3.8) is 0 Å². The lowest BCUT2D eigenvalue weighted by Crippen LogP contribution is -2.55. The second-order valence-electron chi connectivity index (χ2n) is 5.56. The molecule has 0 aliphatic carbocycles. The summed E-state index contributed by atoms with van der Waals surface area (Å²) < 4.78 is 0. The van der Waals surface area contributed by atoms with Crippen molar-refractivity contribution in [2.75, 3.05) is 25.0 Å². The molecule has 2 bridgehead atoms. The second kappa shape index (κ2) is 5.61. The summed E-state index contributed by atoms with van der Waals surface area (Å²) in [6.45, 7) is 6.16. The summed E-state index contributed by atoms with van der Waals surface area (Å²) in [6.07, 6.45) is 2.67. The van der Waals surface area contributed by atoms with Crippen molar-refractivity contribution in [2.24, 2.45) is 5.92 Å². The smallest absolute Gasteiger partial charge is 0.221 e. The van der Waals surface area contributed by atoms with E-state index in [0.717, 1.165) is 18.2 Å². The van der Waals surface area contributed by atoms with Gasteiger partial charge in [0, 0.05) is 30.9 Å². The van der Waals surface area contributed by atoms with Crippen LogP contribution in [-0.4, -0.2) is 36.5 Å². The second-order valence-corrected chi connectivity index (χ2v) is 6.56. The van der Waals surface area contributed by atoms with E-state index < -0.39 is 0 Å². The van der Waals surface area contributed by atoms with Gasteiger partial charge in [-0.2, -0.15) is 0 Å². The third-order valence-electron chi connectivity index (χ3n) is 4.24. The van der Waals surface area contributed by atoms with Gasteiger partial charge in [-0.05, 0) is 43.3 Å². The lowest BCUT2D eigenvalue weighted by molar-refractivity contribution is -0.114. The first-order chi connectivity index (χ1) is 9.22. The number of hydrogen-bond acceptors (Lipinski definition) is 4. The first kappa shape index (κ1) is 13.1. The molecule has 1 aromatic rings. The first-order valence-electron chi connectivity index (χ1n) is 7.02. The van der Waals surface area contributed by atoms with E-state index in [0.29, 0.717) is 6.04 Å². The van der Waals surface area contributed by atoms with Gasteiger partial charge in [0.2, 0.25) is 5.91 Å². The van der Waals surface area contributed by atoms with Crippen LogP contribution >= 0.6 is 11.3 Å². The Labute approximate surface area is 118 Å². The van der Waals surface area contributed by atoms with Gasteiger partial charge >= 0.3 is 0 Å². The highest BCUT2D eigenvalue weighted by Gasteiger charge is 2.33. The number of fused-ring (bicyclic) bond motifs is 3. The summed E-state index contributed by atoms with van der Waals surface area (Å²) >= 11 is 1.71. The molecule has 19 heavy (non-hydrogen) atoms. The van der Waals surface area contributed by atoms with Crippen molar-refractivity contribution in [1.82, 2.24) is 10.2 Å². The number of anilines is 1. The number of amides is 1. The molecule has 3 aliphatic heterocycles. The Hall–Kier alpha value is -0.910. The summed E-state index contributed by atoms with van der Waals surface area (Å²) in [7, 11) is 0. The van der Waals surface area contributed by atoms with E-state index in [-0.39, 0.29) is 5.91 Å². The molecule has 3 fully saturated rings. The lowest BCUT2D eigenvalue weighted by Gasteiger charge is -2.45. The summed E-state index contributed by atoms with van der Waals surface area (Å²) in [4.78, 5) is 14.9. The van der Waals surface area contributed by atoms with Crippen LogP contribution in [0.1, 0.15) is 24.6 Å². The van der Waals surface area contributed by atoms with Gasteiger partial charge in [0.15, 0.2) is 0 Å². The van der Waals surface area contributed by atoms with Gasteiger partial charge in [-0.1, -0.05) is 0 Å². The Balaban J connectivity index is 1.57. The van der Waals surface area contributed by atoms with Crippen molar-refractivity contribution in [1.29, 1.82) is 0 Å². The molecule has 3 saturated heterocycles. The number of thiophene rings is 1. The van der Waals surface area contributed by atoms with Crippen LogP contribution in [0.2, 0.25) is 0 Å². The molecule has 4 heterocycles. The van der Waals surface area contributed by atoms with Gasteiger partial charge in [0.05, 0.1) is 5.69 Å². The summed E-state index contributed by atoms with van der Waals surface area (Å²) in [5, 5.41) is 8.62. The van der Waals surface area contributed by atoms with Gasteiger partial charge in [-0.3, -0.25) is 4.79 Å². The number of carbonyl (C=O) groups excluding carboxylic acids is 1. The minimum atomic E-state index is 0.00230. The maximum absolute atomic E-state index is 11.1. The van der Waals surface area contributed by atoms with E-state index in [2.05, 4.69) is 15.5 Å². The number of carbonyl (C=O) groups is 1. The van der Waals surface area contributed by atoms with E-state index in [4.69, 9.17) is 0 Å². The molecule has 2 N–H and O–H groups in total. The fraction of sp³-hybridized carbons (Fsp3) is 0.643. The topological polar surface area (TPSA) is 44.4 Å². The molecule has 1 atom stereocenters. The monoisotopic (exact) mass is 279 g/mol. The normalized spacial score (nSPS) is 29.4. The molecular formula is C14H21N3OS. The minimum Gasteiger partial charge on any atom is -0.325 e. The van der Waals surface area contributed by atoms with E-state index in [1.165, 1.54) is 37.4 Å². The van der Waals surface area contributed by atoms with Gasteiger partial charge in [0.25, 0.3) is 0 Å². The zero-order chi connectivity index (χ0) is 13.2. The number of nitrogens with zero attached hydrogens (tertiary/aromatic N) is 1. The number of hydrogen-bond donors (Lipinski definition) is 2. The first-order valence-corrected chi connectivity index (χ1v) is 7.90. The van der Waals surface area contributed by atoms with Crippen LogP contribution in [0.3, 0.4) is 0 Å². The Bertz CT molecular complexity index is 451. The highest BCUT2D eigenvalue weighted by atomic mass is 32.1. The predicted molar refractivity (Wildman–Crippen MR) is 78.4 cm³/mol. The molecule has 5 heteroatoms. The molecule has 4 rings (SSSR count). The van der Waals surface area contributed by atoms with Crippen molar-refractivity contribution in [3.05, 3.63) is 16.3 Å². The number of piperidine rings is 3. The molecule has 3 aliphatic rings. The Morgan fingerprint density at radius 2 is 2.26 bits per heavy atom. The molecule has 0 aromatic carbocycles. The van der Waals surface area contributed by atoms with Crippen molar-refractivity contribution < 1.29 is 4.79 Å². The molecule has 104 valence electrons. The zero-order valence-corrected chi connectivity index (χ0v) is 12.1. The molecule has 1 amide bonds. The summed E-state index contributed by atoms with van der Waals surface area (Å²) in [5.41, 5.74) is 0.964. The number of rotatable bonds is 4. The fourth-order valence-corrected chi connectivity index (χ4v) is 3.98. The Kier molecular flexibility index (Phi) is 3.86. The summed E-state index contributed by atoms with van der Waals surface area (Å²) in [6, 6.07) is 2.61. The van der Waals surface area contributed by atoms with E-state index in [9.17, 15) is 4.79 Å². The van der Waals surface area contributed by atoms with Crippen LogP contribution in [0.5, 0.6) is 0 Å². The highest BCUT2D eigenvalue weighted by Crippen LogP contribution is 2.28. The van der Waals surface area contributed by atoms with Crippen LogP contribution in [0, 0.1) is 5.92 Å². The van der Waals surface area contributed by atoms with Gasteiger partial charge in [-0.25, -0.2) is 0 Å². The average molecular weight is 279 g/mol.